The highest BCUT2D eigenvalue weighted by molar-refractivity contribution is 5.24. The fraction of sp³-hybridized carbons (Fsp3) is 0.353. The van der Waals surface area contributed by atoms with Crippen LogP contribution in [-0.4, -0.2) is 35.2 Å². The number of rotatable bonds is 4. The molecule has 110 valence electrons. The minimum Gasteiger partial charge on any atom is -0.481 e. The van der Waals surface area contributed by atoms with E-state index < -0.39 is 5.60 Å². The van der Waals surface area contributed by atoms with E-state index in [2.05, 4.69) is 9.88 Å². The van der Waals surface area contributed by atoms with Gasteiger partial charge in [0.1, 0.15) is 5.60 Å². The second-order valence-corrected chi connectivity index (χ2v) is 5.57. The number of likely N-dealkylation sites (tertiary alicyclic amines) is 1. The summed E-state index contributed by atoms with van der Waals surface area (Å²) in [5.74, 6) is 0.626. The first-order chi connectivity index (χ1) is 10.2. The second kappa shape index (κ2) is 5.84. The largest absolute Gasteiger partial charge is 0.481 e. The minimum atomic E-state index is -0.735. The van der Waals surface area contributed by atoms with Crippen molar-refractivity contribution in [2.45, 2.75) is 18.6 Å². The van der Waals surface area contributed by atoms with Crippen LogP contribution in [0.1, 0.15) is 17.5 Å². The van der Waals surface area contributed by atoms with Gasteiger partial charge in [0.05, 0.1) is 7.11 Å². The van der Waals surface area contributed by atoms with E-state index in [-0.39, 0.29) is 0 Å². The lowest BCUT2D eigenvalue weighted by molar-refractivity contribution is 0.0453. The van der Waals surface area contributed by atoms with Crippen molar-refractivity contribution in [3.05, 3.63) is 59.8 Å². The second-order valence-electron chi connectivity index (χ2n) is 5.57. The van der Waals surface area contributed by atoms with Gasteiger partial charge in [0.15, 0.2) is 0 Å². The van der Waals surface area contributed by atoms with Crippen LogP contribution in [0.5, 0.6) is 5.88 Å². The number of pyridine rings is 1. The van der Waals surface area contributed by atoms with Crippen LogP contribution in [-0.2, 0) is 12.1 Å². The Hall–Kier alpha value is -1.91. The van der Waals surface area contributed by atoms with Gasteiger partial charge in [-0.3, -0.25) is 4.90 Å². The molecular formula is C17H20N2O2. The van der Waals surface area contributed by atoms with E-state index in [1.807, 2.05) is 48.7 Å². The normalized spacial score (nSPS) is 22.4. The van der Waals surface area contributed by atoms with Crippen molar-refractivity contribution in [3.63, 3.8) is 0 Å². The molecule has 1 unspecified atom stereocenters. The highest BCUT2D eigenvalue weighted by Crippen LogP contribution is 2.32. The summed E-state index contributed by atoms with van der Waals surface area (Å²) in [5.41, 5.74) is 1.40. The smallest absolute Gasteiger partial charge is 0.212 e. The zero-order valence-corrected chi connectivity index (χ0v) is 12.2. The number of methoxy groups -OCH3 is 1. The van der Waals surface area contributed by atoms with Gasteiger partial charge < -0.3 is 9.84 Å². The zero-order chi connectivity index (χ0) is 14.7. The van der Waals surface area contributed by atoms with Crippen LogP contribution in [0.2, 0.25) is 0 Å². The Morgan fingerprint density at radius 3 is 2.71 bits per heavy atom. The molecule has 1 aliphatic heterocycles. The molecule has 0 bridgehead atoms. The quantitative estimate of drug-likeness (QED) is 0.935. The lowest BCUT2D eigenvalue weighted by atomic mass is 9.93. The predicted molar refractivity (Wildman–Crippen MR) is 81.0 cm³/mol. The molecule has 2 aromatic rings. The van der Waals surface area contributed by atoms with Crippen molar-refractivity contribution >= 4 is 0 Å². The topological polar surface area (TPSA) is 45.6 Å². The lowest BCUT2D eigenvalue weighted by Gasteiger charge is -2.24. The summed E-state index contributed by atoms with van der Waals surface area (Å²) < 4.78 is 5.07. The summed E-state index contributed by atoms with van der Waals surface area (Å²) in [6.07, 6.45) is 2.60. The first-order valence-corrected chi connectivity index (χ1v) is 7.19. The van der Waals surface area contributed by atoms with E-state index >= 15 is 0 Å². The Labute approximate surface area is 125 Å². The minimum absolute atomic E-state index is 0.626. The van der Waals surface area contributed by atoms with E-state index in [9.17, 15) is 5.11 Å². The van der Waals surface area contributed by atoms with Crippen LogP contribution >= 0.6 is 0 Å². The van der Waals surface area contributed by atoms with Crippen LogP contribution in [0.4, 0.5) is 0 Å². The third kappa shape index (κ3) is 3.06. The molecule has 0 spiro atoms. The average molecular weight is 284 g/mol. The van der Waals surface area contributed by atoms with Crippen molar-refractivity contribution < 1.29 is 9.84 Å². The Bertz CT molecular complexity index is 585. The number of benzene rings is 1. The molecule has 4 nitrogen and oxygen atoms in total. The number of aromatic nitrogens is 1. The summed E-state index contributed by atoms with van der Waals surface area (Å²) in [4.78, 5) is 6.48. The fourth-order valence-corrected chi connectivity index (χ4v) is 2.87. The molecule has 0 saturated carbocycles. The van der Waals surface area contributed by atoms with Crippen molar-refractivity contribution in [2.24, 2.45) is 0 Å². The van der Waals surface area contributed by atoms with Gasteiger partial charge in [0, 0.05) is 31.9 Å². The van der Waals surface area contributed by atoms with Gasteiger partial charge in [-0.05, 0) is 17.5 Å². The van der Waals surface area contributed by atoms with Crippen LogP contribution in [0.15, 0.2) is 48.7 Å². The van der Waals surface area contributed by atoms with Gasteiger partial charge in [-0.25, -0.2) is 4.98 Å². The number of ether oxygens (including phenoxy) is 1. The fourth-order valence-electron chi connectivity index (χ4n) is 2.87. The van der Waals surface area contributed by atoms with E-state index in [1.165, 1.54) is 0 Å². The molecule has 1 saturated heterocycles. The maximum Gasteiger partial charge on any atom is 0.212 e. The highest BCUT2D eigenvalue weighted by atomic mass is 16.5. The van der Waals surface area contributed by atoms with Crippen molar-refractivity contribution in [1.29, 1.82) is 0 Å². The molecule has 1 N–H and O–H groups in total. The number of hydrogen-bond acceptors (Lipinski definition) is 4. The molecule has 1 atom stereocenters. The number of hydrogen-bond donors (Lipinski definition) is 1. The molecule has 3 rings (SSSR count). The van der Waals surface area contributed by atoms with Crippen LogP contribution in [0.3, 0.4) is 0 Å². The first-order valence-electron chi connectivity index (χ1n) is 7.19. The van der Waals surface area contributed by atoms with Gasteiger partial charge >= 0.3 is 0 Å². The predicted octanol–water partition coefficient (Wildman–Crippen LogP) is 2.18. The first kappa shape index (κ1) is 14.0. The SMILES string of the molecule is COc1ccc(CN2CCC(O)(c3ccccc3)C2)cn1. The van der Waals surface area contributed by atoms with E-state index in [0.29, 0.717) is 12.4 Å². The van der Waals surface area contributed by atoms with Gasteiger partial charge in [-0.15, -0.1) is 0 Å². The highest BCUT2D eigenvalue weighted by Gasteiger charge is 2.37. The summed E-state index contributed by atoms with van der Waals surface area (Å²) in [6, 6.07) is 13.8. The van der Waals surface area contributed by atoms with Gasteiger partial charge in [0.2, 0.25) is 5.88 Å². The standard InChI is InChI=1S/C17H20N2O2/c1-21-16-8-7-14(11-18-16)12-19-10-9-17(20,13-19)15-5-3-2-4-6-15/h2-8,11,20H,9-10,12-13H2,1H3. The molecule has 1 aromatic heterocycles. The third-order valence-corrected chi connectivity index (χ3v) is 4.05. The molecule has 21 heavy (non-hydrogen) atoms. The van der Waals surface area contributed by atoms with Crippen molar-refractivity contribution in [1.82, 2.24) is 9.88 Å². The molecule has 1 fully saturated rings. The monoisotopic (exact) mass is 284 g/mol. The Kier molecular flexibility index (Phi) is 3.90. The molecular weight excluding hydrogens is 264 g/mol. The molecule has 1 aliphatic rings. The van der Waals surface area contributed by atoms with Crippen LogP contribution < -0.4 is 4.74 Å². The van der Waals surface area contributed by atoms with E-state index in [1.54, 1.807) is 7.11 Å². The zero-order valence-electron chi connectivity index (χ0n) is 12.2. The molecule has 1 aromatic carbocycles. The summed E-state index contributed by atoms with van der Waals surface area (Å²) in [5, 5.41) is 10.8. The maximum absolute atomic E-state index is 10.8. The van der Waals surface area contributed by atoms with Crippen molar-refractivity contribution in [3.8, 4) is 5.88 Å². The molecule has 0 aliphatic carbocycles. The lowest BCUT2D eigenvalue weighted by Crippen LogP contribution is -2.30. The summed E-state index contributed by atoms with van der Waals surface area (Å²) in [7, 11) is 1.61. The number of β-amino-alcohol motifs (C(OH)–C–C–N with tert-alkyl or cyclic N) is 1. The maximum atomic E-state index is 10.8. The number of nitrogens with zero attached hydrogens (tertiary/aromatic N) is 2. The molecule has 4 heteroatoms. The van der Waals surface area contributed by atoms with Gasteiger partial charge in [-0.1, -0.05) is 36.4 Å². The van der Waals surface area contributed by atoms with Crippen LogP contribution in [0.25, 0.3) is 0 Å². The third-order valence-electron chi connectivity index (χ3n) is 4.05. The van der Waals surface area contributed by atoms with Crippen molar-refractivity contribution in [2.75, 3.05) is 20.2 Å². The van der Waals surface area contributed by atoms with E-state index in [4.69, 9.17) is 4.74 Å². The Morgan fingerprint density at radius 2 is 2.05 bits per heavy atom. The van der Waals surface area contributed by atoms with Gasteiger partial charge in [-0.2, -0.15) is 0 Å². The number of aliphatic hydroxyl groups is 1. The summed E-state index contributed by atoms with van der Waals surface area (Å²) >= 11 is 0. The van der Waals surface area contributed by atoms with Crippen LogP contribution in [0, 0.1) is 0 Å². The Morgan fingerprint density at radius 1 is 1.24 bits per heavy atom. The van der Waals surface area contributed by atoms with E-state index in [0.717, 1.165) is 30.6 Å². The average Bonchev–Trinajstić information content (AvgIpc) is 2.91. The molecule has 2 heterocycles. The molecule has 0 amide bonds. The van der Waals surface area contributed by atoms with Gasteiger partial charge in [0.25, 0.3) is 0 Å². The molecule has 0 radical (unpaired) electrons. The summed E-state index contributed by atoms with van der Waals surface area (Å²) in [6.45, 7) is 2.34. The Balaban J connectivity index is 1.66.